The predicted octanol–water partition coefficient (Wildman–Crippen LogP) is 4.01. The summed E-state index contributed by atoms with van der Waals surface area (Å²) in [7, 11) is 0. The van der Waals surface area contributed by atoms with Gasteiger partial charge in [-0.1, -0.05) is 6.07 Å². The molecule has 4 nitrogen and oxygen atoms in total. The van der Waals surface area contributed by atoms with Gasteiger partial charge < -0.3 is 14.9 Å². The van der Waals surface area contributed by atoms with Crippen LogP contribution in [0.4, 0.5) is 28.9 Å². The fourth-order valence-corrected chi connectivity index (χ4v) is 4.02. The van der Waals surface area contributed by atoms with Crippen molar-refractivity contribution in [3.05, 3.63) is 59.4 Å². The summed E-state index contributed by atoms with van der Waals surface area (Å²) in [6.07, 6.45) is -3.62. The lowest BCUT2D eigenvalue weighted by molar-refractivity contribution is -0.137. The number of alkyl halides is 3. The Morgan fingerprint density at radius 3 is 2.15 bits per heavy atom. The SMILES string of the molecule is O=C(O)c1ccc(N2CC3CC2CN3c2cccc(C(F)(F)F)c2)cc1F. The van der Waals surface area contributed by atoms with Crippen molar-refractivity contribution in [1.82, 2.24) is 0 Å². The molecule has 2 bridgehead atoms. The molecule has 142 valence electrons. The first-order chi connectivity index (χ1) is 12.7. The van der Waals surface area contributed by atoms with Crippen LogP contribution < -0.4 is 9.80 Å². The van der Waals surface area contributed by atoms with Crippen molar-refractivity contribution in [3.8, 4) is 0 Å². The lowest BCUT2D eigenvalue weighted by Crippen LogP contribution is -2.46. The number of hydrogen-bond donors (Lipinski definition) is 1. The Morgan fingerprint density at radius 2 is 1.63 bits per heavy atom. The predicted molar refractivity (Wildman–Crippen MR) is 91.7 cm³/mol. The molecule has 0 saturated carbocycles. The molecule has 2 atom stereocenters. The maximum Gasteiger partial charge on any atom is 0.416 e. The fourth-order valence-electron chi connectivity index (χ4n) is 4.02. The van der Waals surface area contributed by atoms with Gasteiger partial charge in [-0.2, -0.15) is 13.2 Å². The summed E-state index contributed by atoms with van der Waals surface area (Å²) in [5, 5.41) is 8.93. The van der Waals surface area contributed by atoms with E-state index < -0.39 is 23.5 Å². The van der Waals surface area contributed by atoms with Crippen molar-refractivity contribution in [2.45, 2.75) is 24.7 Å². The summed E-state index contributed by atoms with van der Waals surface area (Å²) in [6, 6.07) is 9.37. The Balaban J connectivity index is 1.53. The van der Waals surface area contributed by atoms with Gasteiger partial charge in [0.25, 0.3) is 0 Å². The van der Waals surface area contributed by atoms with E-state index in [-0.39, 0.29) is 17.6 Å². The smallest absolute Gasteiger partial charge is 0.416 e. The van der Waals surface area contributed by atoms with E-state index in [1.54, 1.807) is 12.1 Å². The molecule has 0 radical (unpaired) electrons. The Kier molecular flexibility index (Phi) is 4.01. The molecule has 1 N–H and O–H groups in total. The summed E-state index contributed by atoms with van der Waals surface area (Å²) >= 11 is 0. The van der Waals surface area contributed by atoms with Gasteiger partial charge in [0.2, 0.25) is 0 Å². The maximum atomic E-state index is 14.0. The second kappa shape index (κ2) is 6.14. The largest absolute Gasteiger partial charge is 0.478 e. The lowest BCUT2D eigenvalue weighted by Gasteiger charge is -2.37. The van der Waals surface area contributed by atoms with Gasteiger partial charge in [0.05, 0.1) is 11.1 Å². The van der Waals surface area contributed by atoms with Crippen LogP contribution in [0.15, 0.2) is 42.5 Å². The number of carboxylic acids is 1. The van der Waals surface area contributed by atoms with Crippen LogP contribution in [0.3, 0.4) is 0 Å². The first-order valence-corrected chi connectivity index (χ1v) is 8.47. The van der Waals surface area contributed by atoms with E-state index in [0.29, 0.717) is 24.5 Å². The number of nitrogens with zero attached hydrogens (tertiary/aromatic N) is 2. The molecule has 2 aromatic carbocycles. The topological polar surface area (TPSA) is 43.8 Å². The third kappa shape index (κ3) is 3.09. The Bertz CT molecular complexity index is 900. The molecule has 0 aliphatic carbocycles. The van der Waals surface area contributed by atoms with E-state index in [9.17, 15) is 22.4 Å². The van der Waals surface area contributed by atoms with E-state index >= 15 is 0 Å². The van der Waals surface area contributed by atoms with Crippen LogP contribution in [0, 0.1) is 5.82 Å². The van der Waals surface area contributed by atoms with E-state index in [0.717, 1.165) is 18.6 Å². The minimum absolute atomic E-state index is 0.0284. The Morgan fingerprint density at radius 1 is 1.00 bits per heavy atom. The second-order valence-electron chi connectivity index (χ2n) is 6.87. The van der Waals surface area contributed by atoms with Gasteiger partial charge in [-0.15, -0.1) is 0 Å². The second-order valence-corrected chi connectivity index (χ2v) is 6.87. The highest BCUT2D eigenvalue weighted by atomic mass is 19.4. The van der Waals surface area contributed by atoms with Crippen molar-refractivity contribution in [2.24, 2.45) is 0 Å². The van der Waals surface area contributed by atoms with Gasteiger partial charge in [0.1, 0.15) is 5.82 Å². The van der Waals surface area contributed by atoms with Gasteiger partial charge >= 0.3 is 12.1 Å². The molecule has 2 unspecified atom stereocenters. The van der Waals surface area contributed by atoms with Crippen LogP contribution in [0.5, 0.6) is 0 Å². The molecule has 27 heavy (non-hydrogen) atoms. The molecule has 0 spiro atoms. The number of piperazine rings is 1. The molecule has 2 aliphatic heterocycles. The quantitative estimate of drug-likeness (QED) is 0.818. The van der Waals surface area contributed by atoms with Crippen LogP contribution in [-0.4, -0.2) is 36.2 Å². The van der Waals surface area contributed by atoms with Gasteiger partial charge in [0.15, 0.2) is 0 Å². The van der Waals surface area contributed by atoms with Gasteiger partial charge in [0, 0.05) is 36.5 Å². The third-order valence-corrected chi connectivity index (χ3v) is 5.26. The van der Waals surface area contributed by atoms with Crippen LogP contribution in [0.25, 0.3) is 0 Å². The van der Waals surface area contributed by atoms with Crippen LogP contribution >= 0.6 is 0 Å². The monoisotopic (exact) mass is 380 g/mol. The van der Waals surface area contributed by atoms with E-state index in [1.807, 2.05) is 9.80 Å². The Hall–Kier alpha value is -2.77. The first-order valence-electron chi connectivity index (χ1n) is 8.47. The maximum absolute atomic E-state index is 14.0. The number of carboxylic acid groups (broad SMARTS) is 1. The van der Waals surface area contributed by atoms with Gasteiger partial charge in [-0.25, -0.2) is 9.18 Å². The summed E-state index contributed by atoms with van der Waals surface area (Å²) < 4.78 is 52.8. The summed E-state index contributed by atoms with van der Waals surface area (Å²) in [4.78, 5) is 14.9. The molecule has 0 amide bonds. The number of benzene rings is 2. The van der Waals surface area contributed by atoms with Gasteiger partial charge in [-0.3, -0.25) is 0 Å². The highest BCUT2D eigenvalue weighted by Gasteiger charge is 2.44. The standard InChI is InChI=1S/C19H16F4N2O2/c20-17-8-13(4-5-16(17)18(26)27)25-10-14-7-15(25)9-24(14)12-3-1-2-11(6-12)19(21,22)23/h1-6,8,14-15H,7,9-10H2,(H,26,27). The zero-order valence-electron chi connectivity index (χ0n) is 14.1. The Labute approximate surface area is 152 Å². The highest BCUT2D eigenvalue weighted by molar-refractivity contribution is 5.88. The molecule has 2 saturated heterocycles. The number of fused-ring (bicyclic) bond motifs is 2. The molecular formula is C19H16F4N2O2. The van der Waals surface area contributed by atoms with Crippen LogP contribution in [0.1, 0.15) is 22.3 Å². The van der Waals surface area contributed by atoms with Crippen LogP contribution in [0.2, 0.25) is 0 Å². The summed E-state index contributed by atoms with van der Waals surface area (Å²) in [5.41, 5.74) is 0.0673. The van der Waals surface area contributed by atoms with Crippen molar-refractivity contribution < 1.29 is 27.5 Å². The zero-order valence-corrected chi connectivity index (χ0v) is 14.1. The lowest BCUT2D eigenvalue weighted by atomic mass is 10.1. The minimum Gasteiger partial charge on any atom is -0.478 e. The van der Waals surface area contributed by atoms with E-state index in [2.05, 4.69) is 0 Å². The average molecular weight is 380 g/mol. The number of anilines is 2. The fraction of sp³-hybridized carbons (Fsp3) is 0.316. The molecule has 2 heterocycles. The summed E-state index contributed by atoms with van der Waals surface area (Å²) in [6.45, 7) is 1.08. The first kappa shape index (κ1) is 17.6. The molecule has 0 aromatic heterocycles. The number of carbonyl (C=O) groups is 1. The third-order valence-electron chi connectivity index (χ3n) is 5.26. The van der Waals surface area contributed by atoms with Crippen molar-refractivity contribution in [3.63, 3.8) is 0 Å². The average Bonchev–Trinajstić information content (AvgIpc) is 3.21. The van der Waals surface area contributed by atoms with Crippen molar-refractivity contribution in [2.75, 3.05) is 22.9 Å². The molecular weight excluding hydrogens is 364 g/mol. The number of rotatable bonds is 3. The normalized spacial score (nSPS) is 21.8. The molecule has 2 fully saturated rings. The molecule has 2 aliphatic rings. The number of halogens is 4. The van der Waals surface area contributed by atoms with Crippen molar-refractivity contribution in [1.29, 1.82) is 0 Å². The van der Waals surface area contributed by atoms with Crippen molar-refractivity contribution >= 4 is 17.3 Å². The van der Waals surface area contributed by atoms with E-state index in [1.165, 1.54) is 18.2 Å². The van der Waals surface area contributed by atoms with Gasteiger partial charge in [-0.05, 0) is 42.8 Å². The molecule has 8 heteroatoms. The van der Waals surface area contributed by atoms with Crippen LogP contribution in [-0.2, 0) is 6.18 Å². The number of aromatic carboxylic acids is 1. The van der Waals surface area contributed by atoms with E-state index in [4.69, 9.17) is 5.11 Å². The molecule has 4 rings (SSSR count). The number of hydrogen-bond acceptors (Lipinski definition) is 3. The highest BCUT2D eigenvalue weighted by Crippen LogP contribution is 2.39. The summed E-state index contributed by atoms with van der Waals surface area (Å²) in [5.74, 6) is -2.12. The molecule has 2 aromatic rings. The zero-order chi connectivity index (χ0) is 19.3. The minimum atomic E-state index is -4.38.